The van der Waals surface area contributed by atoms with E-state index in [-0.39, 0.29) is 22.8 Å². The Morgan fingerprint density at radius 1 is 1.18 bits per heavy atom. The summed E-state index contributed by atoms with van der Waals surface area (Å²) < 4.78 is 77.6. The van der Waals surface area contributed by atoms with E-state index >= 15 is 0 Å². The molecule has 0 fully saturated rings. The molecule has 2 unspecified atom stereocenters. The van der Waals surface area contributed by atoms with Gasteiger partial charge in [0.15, 0.2) is 25.5 Å². The molecule has 0 bridgehead atoms. The summed E-state index contributed by atoms with van der Waals surface area (Å²) in [6, 6.07) is 5.43. The number of oxazole rings is 1. The molecule has 0 saturated carbocycles. The summed E-state index contributed by atoms with van der Waals surface area (Å²) in [6.45, 7) is -0.722. The van der Waals surface area contributed by atoms with Crippen molar-refractivity contribution in [2.24, 2.45) is 5.73 Å². The van der Waals surface area contributed by atoms with E-state index in [4.69, 9.17) is 22.7 Å². The minimum Gasteiger partial charge on any atom is -0.477 e. The van der Waals surface area contributed by atoms with Gasteiger partial charge in [0.1, 0.15) is 17.1 Å². The zero-order chi connectivity index (χ0) is 25.2. The van der Waals surface area contributed by atoms with Crippen LogP contribution in [0.25, 0.3) is 11.3 Å². The Labute approximate surface area is 190 Å². The molecule has 2 radical (unpaired) electrons. The van der Waals surface area contributed by atoms with Crippen molar-refractivity contribution >= 4 is 19.4 Å². The topological polar surface area (TPSA) is 119 Å². The van der Waals surface area contributed by atoms with E-state index in [1.54, 1.807) is 0 Å². The molecule has 0 saturated heterocycles. The molecular formula is C21H16BF5N2O5. The molecule has 0 aliphatic rings. The Morgan fingerprint density at radius 2 is 1.82 bits per heavy atom. The Morgan fingerprint density at radius 3 is 2.38 bits per heavy atom. The number of ether oxygens (including phenoxy) is 1. The second-order valence-corrected chi connectivity index (χ2v) is 7.12. The maximum absolute atomic E-state index is 14.6. The van der Waals surface area contributed by atoms with Crippen molar-refractivity contribution in [3.63, 3.8) is 0 Å². The third-order valence-corrected chi connectivity index (χ3v) is 4.70. The minimum atomic E-state index is -4.55. The Bertz CT molecular complexity index is 1180. The first-order valence-corrected chi connectivity index (χ1v) is 9.59. The fourth-order valence-electron chi connectivity index (χ4n) is 3.04. The van der Waals surface area contributed by atoms with Crippen LogP contribution in [-0.2, 0) is 6.18 Å². The highest BCUT2D eigenvalue weighted by Gasteiger charge is 2.31. The predicted molar refractivity (Wildman–Crippen MR) is 108 cm³/mol. The van der Waals surface area contributed by atoms with E-state index in [9.17, 15) is 37.0 Å². The van der Waals surface area contributed by atoms with E-state index in [1.165, 1.54) is 0 Å². The van der Waals surface area contributed by atoms with Gasteiger partial charge in [-0.25, -0.2) is 13.8 Å². The largest absolute Gasteiger partial charge is 0.477 e. The molecule has 3 rings (SSSR count). The number of nitrogens with two attached hydrogens (primary N) is 1. The average Bonchev–Trinajstić information content (AvgIpc) is 3.15. The first-order chi connectivity index (χ1) is 15.9. The highest BCUT2D eigenvalue weighted by atomic mass is 19.4. The Balaban J connectivity index is 1.98. The number of aliphatic hydroxyl groups excluding tert-OH is 2. The molecule has 178 valence electrons. The second kappa shape index (κ2) is 9.81. The molecular weight excluding hydrogens is 466 g/mol. The lowest BCUT2D eigenvalue weighted by atomic mass is 9.98. The molecule has 1 aromatic heterocycles. The molecule has 1 amide bonds. The number of rotatable bonds is 8. The van der Waals surface area contributed by atoms with Gasteiger partial charge in [0.25, 0.3) is 5.91 Å². The lowest BCUT2D eigenvalue weighted by Gasteiger charge is -2.19. The van der Waals surface area contributed by atoms with Gasteiger partial charge in [-0.2, -0.15) is 13.2 Å². The van der Waals surface area contributed by atoms with Gasteiger partial charge in [-0.3, -0.25) is 4.79 Å². The fourth-order valence-corrected chi connectivity index (χ4v) is 3.04. The standard InChI is InChI=1S/C21H16BF5N2O5/c22-18-17(9-1-3-10(4-2-9)21(25,26)27)29-20(34-18)14(7-11(31)8-30)33-13-6-5-12(23)15(16(13)24)19(28)32/h1-6,11,14,30-31H,7-8H2,(H2,28,32). The molecule has 0 spiro atoms. The number of primary amides is 1. The summed E-state index contributed by atoms with van der Waals surface area (Å²) in [5, 5.41) is 19.0. The highest BCUT2D eigenvalue weighted by molar-refractivity contribution is 6.33. The number of carbonyl (C=O) groups excluding carboxylic acids is 1. The Hall–Kier alpha value is -3.45. The first kappa shape index (κ1) is 25.2. The lowest BCUT2D eigenvalue weighted by Crippen LogP contribution is -2.21. The van der Waals surface area contributed by atoms with Crippen LogP contribution in [0, 0.1) is 11.6 Å². The van der Waals surface area contributed by atoms with Crippen LogP contribution in [0.4, 0.5) is 22.0 Å². The predicted octanol–water partition coefficient (Wildman–Crippen LogP) is 2.39. The number of aromatic nitrogens is 1. The molecule has 34 heavy (non-hydrogen) atoms. The van der Waals surface area contributed by atoms with E-state index in [1.807, 2.05) is 0 Å². The summed E-state index contributed by atoms with van der Waals surface area (Å²) in [6.07, 6.45) is -7.77. The number of carbonyl (C=O) groups is 1. The van der Waals surface area contributed by atoms with Crippen LogP contribution in [0.1, 0.15) is 34.3 Å². The van der Waals surface area contributed by atoms with Crippen molar-refractivity contribution in [1.29, 1.82) is 0 Å². The van der Waals surface area contributed by atoms with Crippen LogP contribution in [0.2, 0.25) is 0 Å². The number of hydrogen-bond donors (Lipinski definition) is 3. The SMILES string of the molecule is [B]c1oc(C(CC(O)CO)Oc2ccc(F)c(C(N)=O)c2F)nc1-c1ccc(C(F)(F)F)cc1. The number of benzene rings is 2. The van der Waals surface area contributed by atoms with Gasteiger partial charge in [0, 0.05) is 12.0 Å². The fraction of sp³-hybridized carbons (Fsp3) is 0.238. The number of nitrogens with zero attached hydrogens (tertiary/aromatic N) is 1. The monoisotopic (exact) mass is 482 g/mol. The molecule has 13 heteroatoms. The third kappa shape index (κ3) is 5.37. The third-order valence-electron chi connectivity index (χ3n) is 4.70. The zero-order valence-corrected chi connectivity index (χ0v) is 17.1. The quantitative estimate of drug-likeness (QED) is 0.335. The first-order valence-electron chi connectivity index (χ1n) is 9.59. The van der Waals surface area contributed by atoms with E-state index in [2.05, 4.69) is 4.98 Å². The van der Waals surface area contributed by atoms with E-state index < -0.39 is 65.8 Å². The van der Waals surface area contributed by atoms with Crippen molar-refractivity contribution in [2.75, 3.05) is 6.61 Å². The van der Waals surface area contributed by atoms with Crippen LogP contribution >= 0.6 is 0 Å². The van der Waals surface area contributed by atoms with E-state index in [0.29, 0.717) is 0 Å². The van der Waals surface area contributed by atoms with Crippen molar-refractivity contribution < 1.29 is 46.1 Å². The summed E-state index contributed by atoms with van der Waals surface area (Å²) in [5.41, 5.74) is 2.81. The maximum Gasteiger partial charge on any atom is 0.416 e. The van der Waals surface area contributed by atoms with Crippen LogP contribution in [0.3, 0.4) is 0 Å². The lowest BCUT2D eigenvalue weighted by molar-refractivity contribution is -0.137. The van der Waals surface area contributed by atoms with Gasteiger partial charge in [0.05, 0.1) is 23.9 Å². The molecule has 7 nitrogen and oxygen atoms in total. The molecule has 2 atom stereocenters. The minimum absolute atomic E-state index is 0.0618. The van der Waals surface area contributed by atoms with Crippen LogP contribution < -0.4 is 16.1 Å². The van der Waals surface area contributed by atoms with Crippen molar-refractivity contribution in [1.82, 2.24) is 4.98 Å². The van der Waals surface area contributed by atoms with Crippen LogP contribution in [-0.4, -0.2) is 41.7 Å². The number of aliphatic hydroxyl groups is 2. The van der Waals surface area contributed by atoms with Crippen molar-refractivity contribution in [3.8, 4) is 17.0 Å². The van der Waals surface area contributed by atoms with Crippen LogP contribution in [0.15, 0.2) is 40.8 Å². The summed E-state index contributed by atoms with van der Waals surface area (Å²) in [7, 11) is 5.80. The molecule has 4 N–H and O–H groups in total. The van der Waals surface area contributed by atoms with Gasteiger partial charge in [-0.05, 0) is 24.3 Å². The van der Waals surface area contributed by atoms with Gasteiger partial charge >= 0.3 is 6.18 Å². The van der Waals surface area contributed by atoms with Crippen molar-refractivity contribution in [2.45, 2.75) is 24.8 Å². The number of hydrogen-bond acceptors (Lipinski definition) is 6. The summed E-state index contributed by atoms with van der Waals surface area (Å²) >= 11 is 0. The molecule has 3 aromatic rings. The van der Waals surface area contributed by atoms with Crippen LogP contribution in [0.5, 0.6) is 5.75 Å². The van der Waals surface area contributed by atoms with Gasteiger partial charge in [-0.1, -0.05) is 12.1 Å². The Kier molecular flexibility index (Phi) is 7.27. The summed E-state index contributed by atoms with van der Waals surface area (Å²) in [4.78, 5) is 15.4. The number of amides is 1. The summed E-state index contributed by atoms with van der Waals surface area (Å²) in [5.74, 6) is -5.01. The molecule has 0 aliphatic heterocycles. The molecule has 0 aliphatic carbocycles. The second-order valence-electron chi connectivity index (χ2n) is 7.12. The van der Waals surface area contributed by atoms with Crippen molar-refractivity contribution in [3.05, 3.63) is 65.1 Å². The van der Waals surface area contributed by atoms with Gasteiger partial charge in [0.2, 0.25) is 5.89 Å². The number of alkyl halides is 3. The highest BCUT2D eigenvalue weighted by Crippen LogP contribution is 2.33. The smallest absolute Gasteiger partial charge is 0.416 e. The number of halogens is 5. The van der Waals surface area contributed by atoms with Gasteiger partial charge < -0.3 is 25.1 Å². The zero-order valence-electron chi connectivity index (χ0n) is 17.1. The normalized spacial score (nSPS) is 13.5. The average molecular weight is 482 g/mol. The van der Waals surface area contributed by atoms with E-state index in [0.717, 1.165) is 36.4 Å². The maximum atomic E-state index is 14.6. The molecule has 1 heterocycles. The molecule has 2 aromatic carbocycles. The van der Waals surface area contributed by atoms with Gasteiger partial charge in [-0.15, -0.1) is 0 Å².